The van der Waals surface area contributed by atoms with Gasteiger partial charge in [-0.15, -0.1) is 0 Å². The molecule has 0 radical (unpaired) electrons. The van der Waals surface area contributed by atoms with Gasteiger partial charge in [0.05, 0.1) is 0 Å². The molecular formula is C25H33N3O5. The predicted molar refractivity (Wildman–Crippen MR) is 125 cm³/mol. The number of amides is 1. The summed E-state index contributed by atoms with van der Waals surface area (Å²) < 4.78 is 5.46. The average molecular weight is 456 g/mol. The van der Waals surface area contributed by atoms with Gasteiger partial charge in [0.25, 0.3) is 0 Å². The van der Waals surface area contributed by atoms with E-state index in [1.807, 2.05) is 48.5 Å². The number of benzene rings is 2. The molecule has 0 spiro atoms. The highest BCUT2D eigenvalue weighted by molar-refractivity contribution is 5.79. The number of nitrogens with two attached hydrogens (primary N) is 1. The molecule has 1 aliphatic rings. The summed E-state index contributed by atoms with van der Waals surface area (Å²) in [5, 5.41) is 20.7. The molecule has 1 unspecified atom stereocenters. The highest BCUT2D eigenvalue weighted by Gasteiger charge is 2.30. The maximum absolute atomic E-state index is 12.5. The lowest BCUT2D eigenvalue weighted by Crippen LogP contribution is -2.57. The standard InChI is InChI=1S/C25H33N3O5/c1-2-3-4-5-14-22(26)24(31)28(15-23(29)30)27-25(32)33-16-21-19-12-8-6-10-17(19)18-11-7-9-13-20(18)21/h6-13,21-22,24,31H,2-5,14-16,26H2,1H3,(H,27,32)(H,29,30)/t22-,24?/m0/s1. The number of hydrazine groups is 1. The molecule has 8 nitrogen and oxygen atoms in total. The Kier molecular flexibility index (Phi) is 8.82. The molecule has 8 heteroatoms. The van der Waals surface area contributed by atoms with Crippen LogP contribution in [0.25, 0.3) is 11.1 Å². The number of nitrogens with one attached hydrogen (secondary N) is 1. The summed E-state index contributed by atoms with van der Waals surface area (Å²) in [6.45, 7) is 1.58. The van der Waals surface area contributed by atoms with Crippen molar-refractivity contribution in [3.63, 3.8) is 0 Å². The number of hydrogen-bond acceptors (Lipinski definition) is 6. The van der Waals surface area contributed by atoms with Crippen LogP contribution in [0, 0.1) is 0 Å². The summed E-state index contributed by atoms with van der Waals surface area (Å²) in [5.74, 6) is -1.33. The zero-order valence-corrected chi connectivity index (χ0v) is 18.9. The Bertz CT molecular complexity index is 906. The monoisotopic (exact) mass is 455 g/mol. The topological polar surface area (TPSA) is 125 Å². The van der Waals surface area contributed by atoms with E-state index in [1.165, 1.54) is 0 Å². The van der Waals surface area contributed by atoms with E-state index in [2.05, 4.69) is 12.3 Å². The Balaban J connectivity index is 1.61. The first-order chi connectivity index (χ1) is 15.9. The first-order valence-corrected chi connectivity index (χ1v) is 11.5. The Morgan fingerprint density at radius 3 is 2.24 bits per heavy atom. The minimum atomic E-state index is -1.34. The minimum Gasteiger partial charge on any atom is -0.480 e. The Morgan fingerprint density at radius 2 is 1.67 bits per heavy atom. The fourth-order valence-corrected chi connectivity index (χ4v) is 4.28. The van der Waals surface area contributed by atoms with E-state index < -0.39 is 30.9 Å². The zero-order chi connectivity index (χ0) is 23.8. The van der Waals surface area contributed by atoms with Crippen molar-refractivity contribution in [2.24, 2.45) is 5.73 Å². The van der Waals surface area contributed by atoms with Crippen molar-refractivity contribution >= 4 is 12.1 Å². The van der Waals surface area contributed by atoms with Gasteiger partial charge in [0.1, 0.15) is 19.4 Å². The molecule has 2 aromatic carbocycles. The summed E-state index contributed by atoms with van der Waals surface area (Å²) in [7, 11) is 0. The molecule has 1 amide bonds. The third kappa shape index (κ3) is 6.31. The molecule has 0 bridgehead atoms. The van der Waals surface area contributed by atoms with Gasteiger partial charge >= 0.3 is 12.1 Å². The van der Waals surface area contributed by atoms with Crippen LogP contribution in [0.1, 0.15) is 56.1 Å². The third-order valence-electron chi connectivity index (χ3n) is 5.98. The van der Waals surface area contributed by atoms with E-state index in [-0.39, 0.29) is 12.5 Å². The van der Waals surface area contributed by atoms with Crippen molar-refractivity contribution in [2.75, 3.05) is 13.2 Å². The number of aliphatic carboxylic acids is 1. The smallest absolute Gasteiger partial charge is 0.421 e. The number of carbonyl (C=O) groups is 2. The molecule has 2 atom stereocenters. The average Bonchev–Trinajstić information content (AvgIpc) is 3.13. The Hall–Kier alpha value is -2.94. The zero-order valence-electron chi connectivity index (χ0n) is 18.9. The van der Waals surface area contributed by atoms with Crippen molar-refractivity contribution < 1.29 is 24.5 Å². The van der Waals surface area contributed by atoms with Crippen molar-refractivity contribution in [3.05, 3.63) is 59.7 Å². The van der Waals surface area contributed by atoms with Crippen LogP contribution in [-0.4, -0.2) is 52.7 Å². The van der Waals surface area contributed by atoms with Crippen molar-refractivity contribution in [3.8, 4) is 11.1 Å². The van der Waals surface area contributed by atoms with Gasteiger partial charge < -0.3 is 20.7 Å². The number of unbranched alkanes of at least 4 members (excludes halogenated alkanes) is 3. The highest BCUT2D eigenvalue weighted by Crippen LogP contribution is 2.44. The molecular weight excluding hydrogens is 422 g/mol. The largest absolute Gasteiger partial charge is 0.480 e. The second-order valence-corrected chi connectivity index (χ2v) is 8.39. The first kappa shape index (κ1) is 24.7. The predicted octanol–water partition coefficient (Wildman–Crippen LogP) is 3.44. The lowest BCUT2D eigenvalue weighted by molar-refractivity contribution is -0.144. The van der Waals surface area contributed by atoms with E-state index in [0.717, 1.165) is 52.9 Å². The third-order valence-corrected chi connectivity index (χ3v) is 5.98. The van der Waals surface area contributed by atoms with Crippen LogP contribution in [0.15, 0.2) is 48.5 Å². The molecule has 0 saturated heterocycles. The van der Waals surface area contributed by atoms with Gasteiger partial charge in [0.2, 0.25) is 0 Å². The van der Waals surface area contributed by atoms with Crippen LogP contribution in [0.4, 0.5) is 4.79 Å². The number of carboxylic acid groups (broad SMARTS) is 1. The van der Waals surface area contributed by atoms with Gasteiger partial charge in [0.15, 0.2) is 0 Å². The summed E-state index contributed by atoms with van der Waals surface area (Å²) >= 11 is 0. The number of aliphatic hydroxyl groups is 1. The number of carbonyl (C=O) groups excluding carboxylic acids is 1. The van der Waals surface area contributed by atoms with E-state index in [0.29, 0.717) is 6.42 Å². The molecule has 1 aliphatic carbocycles. The second kappa shape index (κ2) is 11.8. The van der Waals surface area contributed by atoms with Crippen molar-refractivity contribution in [1.29, 1.82) is 0 Å². The van der Waals surface area contributed by atoms with Crippen LogP contribution < -0.4 is 11.2 Å². The van der Waals surface area contributed by atoms with Crippen LogP contribution in [0.2, 0.25) is 0 Å². The van der Waals surface area contributed by atoms with Crippen LogP contribution in [0.5, 0.6) is 0 Å². The first-order valence-electron chi connectivity index (χ1n) is 11.5. The molecule has 2 aromatic rings. The van der Waals surface area contributed by atoms with Gasteiger partial charge in [-0.3, -0.25) is 10.2 Å². The Labute approximate surface area is 194 Å². The number of hydrogen-bond donors (Lipinski definition) is 4. The fraction of sp³-hybridized carbons (Fsp3) is 0.440. The van der Waals surface area contributed by atoms with Gasteiger partial charge in [0, 0.05) is 12.0 Å². The highest BCUT2D eigenvalue weighted by atomic mass is 16.6. The number of aliphatic hydroxyl groups excluding tert-OH is 1. The lowest BCUT2D eigenvalue weighted by atomic mass is 9.98. The molecule has 0 saturated carbocycles. The van der Waals surface area contributed by atoms with Gasteiger partial charge in [-0.05, 0) is 28.7 Å². The summed E-state index contributed by atoms with van der Waals surface area (Å²) in [6, 6.07) is 15.3. The molecule has 0 aliphatic heterocycles. The van der Waals surface area contributed by atoms with Gasteiger partial charge in [-0.2, -0.15) is 5.01 Å². The van der Waals surface area contributed by atoms with E-state index >= 15 is 0 Å². The van der Waals surface area contributed by atoms with Crippen LogP contribution >= 0.6 is 0 Å². The molecule has 0 fully saturated rings. The number of fused-ring (bicyclic) bond motifs is 3. The maximum atomic E-state index is 12.5. The maximum Gasteiger partial charge on any atom is 0.421 e. The van der Waals surface area contributed by atoms with E-state index in [9.17, 15) is 19.8 Å². The van der Waals surface area contributed by atoms with E-state index in [4.69, 9.17) is 10.5 Å². The molecule has 3 rings (SSSR count). The number of carboxylic acids is 1. The number of nitrogens with zero attached hydrogens (tertiary/aromatic N) is 1. The molecule has 0 aromatic heterocycles. The van der Waals surface area contributed by atoms with E-state index in [1.54, 1.807) is 0 Å². The summed E-state index contributed by atoms with van der Waals surface area (Å²) in [4.78, 5) is 23.8. The fourth-order valence-electron chi connectivity index (χ4n) is 4.28. The van der Waals surface area contributed by atoms with Crippen molar-refractivity contribution in [1.82, 2.24) is 10.4 Å². The number of ether oxygens (including phenoxy) is 1. The second-order valence-electron chi connectivity index (χ2n) is 8.39. The molecule has 33 heavy (non-hydrogen) atoms. The summed E-state index contributed by atoms with van der Waals surface area (Å²) in [5.41, 5.74) is 12.8. The molecule has 5 N–H and O–H groups in total. The van der Waals surface area contributed by atoms with Crippen LogP contribution in [-0.2, 0) is 9.53 Å². The van der Waals surface area contributed by atoms with Gasteiger partial charge in [-0.1, -0.05) is 81.1 Å². The Morgan fingerprint density at radius 1 is 1.06 bits per heavy atom. The normalized spacial score (nSPS) is 14.4. The minimum absolute atomic E-state index is 0.0833. The lowest BCUT2D eigenvalue weighted by Gasteiger charge is -2.30. The quantitative estimate of drug-likeness (QED) is 0.219. The summed E-state index contributed by atoms with van der Waals surface area (Å²) in [6.07, 6.45) is 2.28. The van der Waals surface area contributed by atoms with Crippen LogP contribution in [0.3, 0.4) is 0 Å². The molecule has 0 heterocycles. The van der Waals surface area contributed by atoms with Crippen molar-refractivity contribution in [2.45, 2.75) is 57.2 Å². The van der Waals surface area contributed by atoms with Gasteiger partial charge in [-0.25, -0.2) is 4.79 Å². The SMILES string of the molecule is CCCCCC[C@H](N)C(O)N(CC(=O)O)NC(=O)OCC1c2ccccc2-c2ccccc21. The number of rotatable bonds is 12. The molecule has 178 valence electrons.